The summed E-state index contributed by atoms with van der Waals surface area (Å²) in [5, 5.41) is 6.35. The van der Waals surface area contributed by atoms with E-state index in [1.54, 1.807) is 18.5 Å². The number of amides is 2. The largest absolute Gasteiger partial charge is 0.349 e. The van der Waals surface area contributed by atoms with Crippen LogP contribution in [0.15, 0.2) is 36.7 Å². The first-order chi connectivity index (χ1) is 14.8. The highest BCUT2D eigenvalue weighted by atomic mass is 16.2. The first-order valence-corrected chi connectivity index (χ1v) is 12.0. The van der Waals surface area contributed by atoms with E-state index in [2.05, 4.69) is 42.5 Å². The number of anilines is 1. The molecule has 2 unspecified atom stereocenters. The van der Waals surface area contributed by atoms with Gasteiger partial charge >= 0.3 is 0 Å². The van der Waals surface area contributed by atoms with Crippen molar-refractivity contribution in [3.63, 3.8) is 0 Å². The summed E-state index contributed by atoms with van der Waals surface area (Å²) < 4.78 is 0. The second-order valence-corrected chi connectivity index (χ2v) is 11.0. The van der Waals surface area contributed by atoms with E-state index in [0.29, 0.717) is 23.7 Å². The van der Waals surface area contributed by atoms with Gasteiger partial charge in [0.1, 0.15) is 0 Å². The third-order valence-corrected chi connectivity index (χ3v) is 9.72. The minimum Gasteiger partial charge on any atom is -0.349 e. The van der Waals surface area contributed by atoms with Crippen molar-refractivity contribution in [1.29, 1.82) is 0 Å². The Labute approximate surface area is 185 Å². The molecule has 1 aromatic rings. The molecule has 0 spiro atoms. The van der Waals surface area contributed by atoms with Crippen molar-refractivity contribution in [1.82, 2.24) is 10.3 Å². The van der Waals surface area contributed by atoms with Gasteiger partial charge in [-0.1, -0.05) is 26.8 Å². The third-order valence-electron chi connectivity index (χ3n) is 9.72. The van der Waals surface area contributed by atoms with Gasteiger partial charge in [-0.3, -0.25) is 14.6 Å². The van der Waals surface area contributed by atoms with Crippen LogP contribution in [-0.4, -0.2) is 22.8 Å². The zero-order valence-corrected chi connectivity index (χ0v) is 18.9. The van der Waals surface area contributed by atoms with Crippen LogP contribution in [-0.2, 0) is 9.59 Å². The molecule has 5 rings (SSSR count). The molecule has 1 aromatic heterocycles. The summed E-state index contributed by atoms with van der Waals surface area (Å²) in [7, 11) is 0. The number of fused-ring (bicyclic) bond motifs is 5. The Morgan fingerprint density at radius 2 is 1.90 bits per heavy atom. The predicted molar refractivity (Wildman–Crippen MR) is 121 cm³/mol. The number of hydrogen-bond acceptors (Lipinski definition) is 3. The third kappa shape index (κ3) is 3.23. The summed E-state index contributed by atoms with van der Waals surface area (Å²) in [4.78, 5) is 29.1. The van der Waals surface area contributed by atoms with Gasteiger partial charge in [0.05, 0.1) is 0 Å². The molecule has 3 fully saturated rings. The van der Waals surface area contributed by atoms with Gasteiger partial charge in [0.25, 0.3) is 0 Å². The number of pyridine rings is 1. The van der Waals surface area contributed by atoms with Crippen molar-refractivity contribution in [2.24, 2.45) is 40.4 Å². The summed E-state index contributed by atoms with van der Waals surface area (Å²) in [6.07, 6.45) is 14.4. The van der Waals surface area contributed by atoms with Crippen molar-refractivity contribution in [3.8, 4) is 0 Å². The molecule has 3 aliphatic carbocycles. The summed E-state index contributed by atoms with van der Waals surface area (Å²) in [6.45, 7) is 6.96. The van der Waals surface area contributed by atoms with Crippen LogP contribution >= 0.6 is 0 Å². The van der Waals surface area contributed by atoms with E-state index in [0.717, 1.165) is 18.5 Å². The summed E-state index contributed by atoms with van der Waals surface area (Å²) in [5.41, 5.74) is 1.12. The van der Waals surface area contributed by atoms with Crippen LogP contribution in [0, 0.1) is 40.4 Å². The maximum absolute atomic E-state index is 13.1. The average Bonchev–Trinajstić information content (AvgIpc) is 3.11. The zero-order chi connectivity index (χ0) is 21.8. The molecule has 31 heavy (non-hydrogen) atoms. The van der Waals surface area contributed by atoms with E-state index in [1.807, 2.05) is 12.1 Å². The Bertz CT molecular complexity index is 899. The number of nitrogens with one attached hydrogen (secondary N) is 2. The van der Waals surface area contributed by atoms with Crippen LogP contribution in [0.5, 0.6) is 0 Å². The van der Waals surface area contributed by atoms with Gasteiger partial charge in [0.15, 0.2) is 0 Å². The van der Waals surface area contributed by atoms with Crippen LogP contribution < -0.4 is 10.6 Å². The molecule has 1 aliphatic heterocycles. The summed E-state index contributed by atoms with van der Waals surface area (Å²) in [6, 6.07) is 3.98. The molecule has 3 saturated carbocycles. The van der Waals surface area contributed by atoms with Gasteiger partial charge in [-0.25, -0.2) is 0 Å². The van der Waals surface area contributed by atoms with Gasteiger partial charge in [-0.05, 0) is 85.8 Å². The predicted octanol–water partition coefficient (Wildman–Crippen LogP) is 4.57. The van der Waals surface area contributed by atoms with E-state index in [4.69, 9.17) is 0 Å². The number of aromatic nitrogens is 1. The Morgan fingerprint density at radius 3 is 2.68 bits per heavy atom. The topological polar surface area (TPSA) is 71.1 Å². The molecule has 4 aliphatic rings. The Kier molecular flexibility index (Phi) is 4.98. The van der Waals surface area contributed by atoms with E-state index >= 15 is 0 Å². The molecule has 166 valence electrons. The van der Waals surface area contributed by atoms with Crippen molar-refractivity contribution in [3.05, 3.63) is 36.7 Å². The lowest BCUT2D eigenvalue weighted by atomic mass is 9.47. The molecular weight excluding hydrogens is 386 g/mol. The average molecular weight is 422 g/mol. The fraction of sp³-hybridized carbons (Fsp3) is 0.654. The molecule has 0 saturated heterocycles. The highest BCUT2D eigenvalue weighted by Gasteiger charge is 2.60. The lowest BCUT2D eigenvalue weighted by Crippen LogP contribution is -2.59. The Balaban J connectivity index is 1.35. The van der Waals surface area contributed by atoms with Crippen molar-refractivity contribution >= 4 is 17.5 Å². The SMILES string of the molecule is CC(C(=O)Nc1ccncc1)[C@H]1CC[C@H]2[C@@H]3CCC4NC(=O)C=C[C@]4(C)[C@H]3CC[C@]12C. The Hall–Kier alpha value is -2.17. The smallest absolute Gasteiger partial charge is 0.243 e. The highest BCUT2D eigenvalue weighted by molar-refractivity contribution is 5.92. The molecular formula is C26H35N3O2. The van der Waals surface area contributed by atoms with Crippen LogP contribution in [0.2, 0.25) is 0 Å². The van der Waals surface area contributed by atoms with Crippen LogP contribution in [0.1, 0.15) is 59.3 Å². The number of rotatable bonds is 3. The first kappa shape index (κ1) is 20.7. The standard InChI is InChI=1S/C26H35N3O2/c1-16(24(31)28-17-10-14-27-15-11-17)19-5-6-20-18-4-7-22-26(3,13-9-23(30)29-22)21(18)8-12-25(19,20)2/h9-11,13-16,18-22H,4-8,12H2,1-3H3,(H,29,30)(H,27,28,31)/t16?,18-,19+,20-,21-,22?,25+,26+/m0/s1. The van der Waals surface area contributed by atoms with Crippen LogP contribution in [0.3, 0.4) is 0 Å². The highest BCUT2D eigenvalue weighted by Crippen LogP contribution is 2.66. The molecule has 8 atom stereocenters. The normalized spacial score (nSPS) is 42.0. The quantitative estimate of drug-likeness (QED) is 0.751. The number of nitrogens with zero attached hydrogens (tertiary/aromatic N) is 1. The lowest BCUT2D eigenvalue weighted by Gasteiger charge is -2.59. The molecule has 5 nitrogen and oxygen atoms in total. The van der Waals surface area contributed by atoms with Crippen molar-refractivity contribution in [2.75, 3.05) is 5.32 Å². The van der Waals surface area contributed by atoms with Crippen LogP contribution in [0.4, 0.5) is 5.69 Å². The Morgan fingerprint density at radius 1 is 1.13 bits per heavy atom. The van der Waals surface area contributed by atoms with E-state index in [9.17, 15) is 9.59 Å². The molecule has 0 radical (unpaired) electrons. The number of carbonyl (C=O) groups excluding carboxylic acids is 2. The maximum atomic E-state index is 13.1. The van der Waals surface area contributed by atoms with E-state index < -0.39 is 0 Å². The minimum absolute atomic E-state index is 0.000468. The molecule has 0 bridgehead atoms. The molecule has 5 heteroatoms. The second kappa shape index (κ2) is 7.46. The van der Waals surface area contributed by atoms with Crippen molar-refractivity contribution in [2.45, 2.75) is 65.3 Å². The van der Waals surface area contributed by atoms with Crippen LogP contribution in [0.25, 0.3) is 0 Å². The lowest BCUT2D eigenvalue weighted by molar-refractivity contribution is -0.126. The monoisotopic (exact) mass is 421 g/mol. The second-order valence-electron chi connectivity index (χ2n) is 11.0. The first-order valence-electron chi connectivity index (χ1n) is 12.0. The molecule has 2 heterocycles. The van der Waals surface area contributed by atoms with E-state index in [-0.39, 0.29) is 34.6 Å². The fourth-order valence-corrected chi connectivity index (χ4v) is 8.07. The van der Waals surface area contributed by atoms with Gasteiger partial charge in [-0.2, -0.15) is 0 Å². The molecule has 0 aromatic carbocycles. The molecule has 2 N–H and O–H groups in total. The van der Waals surface area contributed by atoms with Gasteiger partial charge in [0, 0.05) is 35.5 Å². The fourth-order valence-electron chi connectivity index (χ4n) is 8.07. The number of hydrogen-bond donors (Lipinski definition) is 2. The minimum atomic E-state index is 0.000468. The summed E-state index contributed by atoms with van der Waals surface area (Å²) in [5.74, 6) is 2.62. The summed E-state index contributed by atoms with van der Waals surface area (Å²) >= 11 is 0. The van der Waals surface area contributed by atoms with Gasteiger partial charge in [-0.15, -0.1) is 0 Å². The van der Waals surface area contributed by atoms with E-state index in [1.165, 1.54) is 25.7 Å². The number of carbonyl (C=O) groups is 2. The van der Waals surface area contributed by atoms with Gasteiger partial charge in [0.2, 0.25) is 11.8 Å². The van der Waals surface area contributed by atoms with Gasteiger partial charge < -0.3 is 10.6 Å². The maximum Gasteiger partial charge on any atom is 0.243 e. The molecule has 2 amide bonds. The zero-order valence-electron chi connectivity index (χ0n) is 18.9. The van der Waals surface area contributed by atoms with Crippen molar-refractivity contribution < 1.29 is 9.59 Å².